The number of nitrogens with one attached hydrogen (secondary N) is 3. The number of hydrogen-bond donors (Lipinski definition) is 3. The minimum absolute atomic E-state index is 0.110. The van der Waals surface area contributed by atoms with Crippen LogP contribution < -0.4 is 10.6 Å². The van der Waals surface area contributed by atoms with E-state index in [4.69, 9.17) is 4.52 Å². The summed E-state index contributed by atoms with van der Waals surface area (Å²) in [6.45, 7) is 2.11. The number of halogens is 3. The van der Waals surface area contributed by atoms with Crippen molar-refractivity contribution >= 4 is 28.7 Å². The Kier molecular flexibility index (Phi) is 5.67. The van der Waals surface area contributed by atoms with Crippen LogP contribution >= 0.6 is 0 Å². The van der Waals surface area contributed by atoms with Gasteiger partial charge in [-0.05, 0) is 32.2 Å². The predicted molar refractivity (Wildman–Crippen MR) is 119 cm³/mol. The molecule has 0 saturated heterocycles. The average Bonchev–Trinajstić information content (AvgIpc) is 3.42. The minimum Gasteiger partial charge on any atom is -0.358 e. The molecule has 3 aromatic heterocycles. The molecule has 0 spiro atoms. The quantitative estimate of drug-likeness (QED) is 0.388. The molecule has 0 unspecified atom stereocenters. The molecule has 11 nitrogen and oxygen atoms in total. The van der Waals surface area contributed by atoms with Gasteiger partial charge in [-0.25, -0.2) is 15.0 Å². The van der Waals surface area contributed by atoms with Gasteiger partial charge >= 0.3 is 6.18 Å². The number of carbonyl (C=O) groups is 2. The zero-order valence-electron chi connectivity index (χ0n) is 19.0. The minimum atomic E-state index is -4.47. The lowest BCUT2D eigenvalue weighted by atomic mass is 10.1. The van der Waals surface area contributed by atoms with Crippen molar-refractivity contribution in [1.29, 1.82) is 0 Å². The molecule has 1 aliphatic rings. The summed E-state index contributed by atoms with van der Waals surface area (Å²) >= 11 is 0. The number of amides is 2. The van der Waals surface area contributed by atoms with Crippen LogP contribution in [0.25, 0.3) is 22.6 Å². The van der Waals surface area contributed by atoms with Crippen LogP contribution in [-0.4, -0.2) is 55.4 Å². The second-order valence-electron chi connectivity index (χ2n) is 8.39. The zero-order valence-corrected chi connectivity index (χ0v) is 19.0. The van der Waals surface area contributed by atoms with Crippen molar-refractivity contribution in [3.8, 4) is 11.5 Å². The van der Waals surface area contributed by atoms with Crippen molar-refractivity contribution in [3.05, 3.63) is 53.2 Å². The van der Waals surface area contributed by atoms with Gasteiger partial charge in [-0.3, -0.25) is 14.5 Å². The molecule has 3 N–H and O–H groups in total. The molecular weight excluding hydrogens is 481 g/mol. The molecule has 1 aliphatic heterocycles. The van der Waals surface area contributed by atoms with E-state index in [0.717, 1.165) is 12.1 Å². The van der Waals surface area contributed by atoms with E-state index < -0.39 is 23.7 Å². The summed E-state index contributed by atoms with van der Waals surface area (Å²) in [6, 6.07) is 4.09. The highest BCUT2D eigenvalue weighted by Gasteiger charge is 2.31. The van der Waals surface area contributed by atoms with Crippen LogP contribution in [-0.2, 0) is 17.5 Å². The van der Waals surface area contributed by atoms with Crippen molar-refractivity contribution in [2.75, 3.05) is 18.9 Å². The SMILES string of the molecule is C[C@@H](NC(=O)c1ncnc2c1CN(C)CC(=O)N2)c1cc(-c2nc3ccc(C(F)(F)F)cc3[nH]2)no1. The maximum Gasteiger partial charge on any atom is 0.416 e. The highest BCUT2D eigenvalue weighted by molar-refractivity contribution is 5.98. The fourth-order valence-corrected chi connectivity index (χ4v) is 3.86. The van der Waals surface area contributed by atoms with Crippen molar-refractivity contribution in [1.82, 2.24) is 35.3 Å². The summed E-state index contributed by atoms with van der Waals surface area (Å²) in [5.74, 6) is 0.0342. The normalized spacial score (nSPS) is 15.3. The highest BCUT2D eigenvalue weighted by Crippen LogP contribution is 2.32. The lowest BCUT2D eigenvalue weighted by Gasteiger charge is -2.15. The Morgan fingerprint density at radius 3 is 2.81 bits per heavy atom. The number of likely N-dealkylation sites (N-methyl/N-ethyl adjacent to an activating group) is 1. The standard InChI is InChI=1S/C22H19F3N8O3/c1-10(28-21(35)18-12-7-33(2)8-17(34)31-19(12)27-9-26-18)16-6-15(32-36-16)20-29-13-4-3-11(22(23,24)25)5-14(13)30-20/h3-6,9-10H,7-8H2,1-2H3,(H,28,35)(H,29,30)(H,26,27,31,34)/t10-/m1/s1. The number of aromatic amines is 1. The Labute approximate surface area is 201 Å². The maximum atomic E-state index is 13.0. The van der Waals surface area contributed by atoms with Gasteiger partial charge in [-0.15, -0.1) is 0 Å². The monoisotopic (exact) mass is 500 g/mol. The van der Waals surface area contributed by atoms with Gasteiger partial charge in [0.05, 0.1) is 29.2 Å². The number of aromatic nitrogens is 5. The van der Waals surface area contributed by atoms with E-state index in [1.807, 2.05) is 0 Å². The second kappa shape index (κ2) is 8.71. The van der Waals surface area contributed by atoms with Crippen LogP contribution in [0.15, 0.2) is 35.1 Å². The van der Waals surface area contributed by atoms with E-state index in [-0.39, 0.29) is 41.0 Å². The number of anilines is 1. The molecule has 186 valence electrons. The van der Waals surface area contributed by atoms with E-state index in [1.54, 1.807) is 18.9 Å². The third-order valence-electron chi connectivity index (χ3n) is 5.61. The Hall–Kier alpha value is -4.33. The molecule has 0 radical (unpaired) electrons. The third kappa shape index (κ3) is 4.49. The molecule has 5 rings (SSSR count). The first kappa shape index (κ1) is 23.4. The van der Waals surface area contributed by atoms with Crippen LogP contribution in [0.3, 0.4) is 0 Å². The van der Waals surface area contributed by atoms with Gasteiger partial charge in [0.2, 0.25) is 5.91 Å². The number of hydrogen-bond acceptors (Lipinski definition) is 8. The zero-order chi connectivity index (χ0) is 25.6. The van der Waals surface area contributed by atoms with Crippen LogP contribution in [0.5, 0.6) is 0 Å². The molecule has 1 atom stereocenters. The number of alkyl halides is 3. The maximum absolute atomic E-state index is 13.0. The number of imidazole rings is 1. The summed E-state index contributed by atoms with van der Waals surface area (Å²) in [5, 5.41) is 9.37. The lowest BCUT2D eigenvalue weighted by molar-refractivity contribution is -0.137. The van der Waals surface area contributed by atoms with E-state index in [9.17, 15) is 22.8 Å². The Balaban J connectivity index is 1.35. The first-order valence-electron chi connectivity index (χ1n) is 10.8. The molecule has 4 aromatic rings. The van der Waals surface area contributed by atoms with Crippen molar-refractivity contribution < 1.29 is 27.3 Å². The third-order valence-corrected chi connectivity index (χ3v) is 5.61. The van der Waals surface area contributed by atoms with Gasteiger partial charge in [0.1, 0.15) is 23.5 Å². The molecule has 0 aliphatic carbocycles. The highest BCUT2D eigenvalue weighted by atomic mass is 19.4. The molecule has 14 heteroatoms. The molecule has 0 saturated carbocycles. The first-order valence-corrected chi connectivity index (χ1v) is 10.8. The molecule has 0 bridgehead atoms. The fourth-order valence-electron chi connectivity index (χ4n) is 3.86. The Bertz CT molecular complexity index is 1480. The van der Waals surface area contributed by atoms with Gasteiger partial charge in [0.25, 0.3) is 5.91 Å². The fraction of sp³-hybridized carbons (Fsp3) is 0.273. The molecule has 4 heterocycles. The van der Waals surface area contributed by atoms with Crippen LogP contribution in [0.2, 0.25) is 0 Å². The largest absolute Gasteiger partial charge is 0.416 e. The van der Waals surface area contributed by atoms with Crippen LogP contribution in [0, 0.1) is 0 Å². The number of benzene rings is 1. The molecule has 1 aromatic carbocycles. The second-order valence-corrected chi connectivity index (χ2v) is 8.39. The van der Waals surface area contributed by atoms with Gasteiger partial charge in [-0.2, -0.15) is 13.2 Å². The van der Waals surface area contributed by atoms with Crippen LogP contribution in [0.1, 0.15) is 40.3 Å². The van der Waals surface area contributed by atoms with Crippen molar-refractivity contribution in [3.63, 3.8) is 0 Å². The summed E-state index contributed by atoms with van der Waals surface area (Å²) < 4.78 is 44.3. The molecule has 36 heavy (non-hydrogen) atoms. The van der Waals surface area contributed by atoms with E-state index in [2.05, 4.69) is 35.7 Å². The molecular formula is C22H19F3N8O3. The smallest absolute Gasteiger partial charge is 0.358 e. The van der Waals surface area contributed by atoms with Gasteiger partial charge in [0.15, 0.2) is 11.6 Å². The molecule has 2 amide bonds. The summed E-state index contributed by atoms with van der Waals surface area (Å²) in [5.41, 5.74) is 0.595. The number of H-pyrrole nitrogens is 1. The average molecular weight is 500 g/mol. The first-order chi connectivity index (χ1) is 17.1. The lowest BCUT2D eigenvalue weighted by Crippen LogP contribution is -2.29. The summed E-state index contributed by atoms with van der Waals surface area (Å²) in [4.78, 5) is 41.9. The Morgan fingerprint density at radius 1 is 1.22 bits per heavy atom. The number of rotatable bonds is 4. The van der Waals surface area contributed by atoms with Crippen molar-refractivity contribution in [2.45, 2.75) is 25.7 Å². The number of nitrogens with zero attached hydrogens (tertiary/aromatic N) is 5. The predicted octanol–water partition coefficient (Wildman–Crippen LogP) is 2.90. The molecule has 0 fully saturated rings. The van der Waals surface area contributed by atoms with E-state index in [0.29, 0.717) is 23.4 Å². The van der Waals surface area contributed by atoms with E-state index >= 15 is 0 Å². The summed E-state index contributed by atoms with van der Waals surface area (Å²) in [7, 11) is 1.74. The Morgan fingerprint density at radius 2 is 2.03 bits per heavy atom. The van der Waals surface area contributed by atoms with Gasteiger partial charge in [-0.1, -0.05) is 5.16 Å². The topological polar surface area (TPSA) is 142 Å². The van der Waals surface area contributed by atoms with Gasteiger partial charge in [0, 0.05) is 18.2 Å². The number of carbonyl (C=O) groups excluding carboxylic acids is 2. The van der Waals surface area contributed by atoms with Crippen LogP contribution in [0.4, 0.5) is 19.0 Å². The van der Waals surface area contributed by atoms with E-state index in [1.165, 1.54) is 18.5 Å². The number of fused-ring (bicyclic) bond motifs is 2. The van der Waals surface area contributed by atoms with Crippen molar-refractivity contribution in [2.24, 2.45) is 0 Å². The van der Waals surface area contributed by atoms with Gasteiger partial charge < -0.3 is 20.1 Å². The summed E-state index contributed by atoms with van der Waals surface area (Å²) in [6.07, 6.45) is -3.28.